The molecule has 0 bridgehead atoms. The molecule has 4 rings (SSSR count). The molecule has 0 saturated carbocycles. The largest absolute Gasteiger partial charge is 0.493 e. The van der Waals surface area contributed by atoms with Gasteiger partial charge in [0.15, 0.2) is 11.4 Å². The lowest BCUT2D eigenvalue weighted by molar-refractivity contribution is -0.133. The first kappa shape index (κ1) is 15.6. The number of urea groups is 1. The summed E-state index contributed by atoms with van der Waals surface area (Å²) in [5.74, 6) is 1.19. The predicted molar refractivity (Wildman–Crippen MR) is 85.7 cm³/mol. The molecule has 1 fully saturated rings. The van der Waals surface area contributed by atoms with Gasteiger partial charge in [0.25, 0.3) is 5.91 Å². The maximum absolute atomic E-state index is 13.1. The summed E-state index contributed by atoms with van der Waals surface area (Å²) in [5.41, 5.74) is -0.414. The molecular formula is C17H18N4O4. The lowest BCUT2D eigenvalue weighted by Crippen LogP contribution is -2.47. The third kappa shape index (κ3) is 2.36. The van der Waals surface area contributed by atoms with Crippen molar-refractivity contribution in [2.75, 3.05) is 6.61 Å². The summed E-state index contributed by atoms with van der Waals surface area (Å²) < 4.78 is 10.8. The second-order valence-electron chi connectivity index (χ2n) is 6.52. The third-order valence-electron chi connectivity index (χ3n) is 4.55. The van der Waals surface area contributed by atoms with Crippen LogP contribution >= 0.6 is 0 Å². The highest BCUT2D eigenvalue weighted by molar-refractivity contribution is 6.07. The van der Waals surface area contributed by atoms with Crippen LogP contribution < -0.4 is 10.1 Å². The molecule has 3 amide bonds. The van der Waals surface area contributed by atoms with Gasteiger partial charge in [0.1, 0.15) is 12.3 Å². The number of nitrogens with one attached hydrogen (secondary N) is 1. The fraction of sp³-hybridized carbons (Fsp3) is 0.412. The van der Waals surface area contributed by atoms with Crippen LogP contribution in [0.1, 0.15) is 43.5 Å². The Morgan fingerprint density at radius 3 is 2.88 bits per heavy atom. The van der Waals surface area contributed by atoms with Gasteiger partial charge in [-0.05, 0) is 6.07 Å². The van der Waals surface area contributed by atoms with Crippen molar-refractivity contribution >= 4 is 11.9 Å². The van der Waals surface area contributed by atoms with Crippen molar-refractivity contribution in [3.8, 4) is 5.75 Å². The number of hydrogen-bond donors (Lipinski definition) is 1. The molecule has 1 aromatic heterocycles. The Morgan fingerprint density at radius 1 is 1.32 bits per heavy atom. The van der Waals surface area contributed by atoms with Gasteiger partial charge in [0.05, 0.1) is 6.61 Å². The average molecular weight is 342 g/mol. The van der Waals surface area contributed by atoms with E-state index in [-0.39, 0.29) is 24.3 Å². The Balaban J connectivity index is 1.65. The Morgan fingerprint density at radius 2 is 2.12 bits per heavy atom. The summed E-state index contributed by atoms with van der Waals surface area (Å²) in [5, 5.41) is 6.71. The van der Waals surface area contributed by atoms with Crippen molar-refractivity contribution in [2.45, 2.75) is 38.3 Å². The van der Waals surface area contributed by atoms with Crippen LogP contribution in [0.25, 0.3) is 0 Å². The number of aromatic nitrogens is 2. The van der Waals surface area contributed by atoms with Gasteiger partial charge in [-0.3, -0.25) is 9.69 Å². The van der Waals surface area contributed by atoms with Crippen LogP contribution in [0.2, 0.25) is 0 Å². The molecule has 3 heterocycles. The number of benzene rings is 1. The Hall–Kier alpha value is -2.90. The lowest BCUT2D eigenvalue weighted by Gasteiger charge is -2.33. The number of hydrogen-bond acceptors (Lipinski definition) is 6. The number of carbonyl (C=O) groups is 2. The smallest absolute Gasteiger partial charge is 0.325 e. The molecule has 8 heteroatoms. The second kappa shape index (κ2) is 5.58. The van der Waals surface area contributed by atoms with Crippen LogP contribution in [0.15, 0.2) is 28.8 Å². The first-order valence-corrected chi connectivity index (χ1v) is 8.20. The van der Waals surface area contributed by atoms with Crippen LogP contribution in [0.3, 0.4) is 0 Å². The highest BCUT2D eigenvalue weighted by Gasteiger charge is 2.55. The van der Waals surface area contributed by atoms with E-state index in [1.165, 1.54) is 0 Å². The topological polar surface area (TPSA) is 97.6 Å². The van der Waals surface area contributed by atoms with Crippen LogP contribution in [-0.4, -0.2) is 33.6 Å². The monoisotopic (exact) mass is 342 g/mol. The van der Waals surface area contributed by atoms with Gasteiger partial charge in [0.2, 0.25) is 5.89 Å². The van der Waals surface area contributed by atoms with Crippen molar-refractivity contribution in [2.24, 2.45) is 0 Å². The highest BCUT2D eigenvalue weighted by atomic mass is 16.5. The Bertz CT molecular complexity index is 847. The van der Waals surface area contributed by atoms with Gasteiger partial charge in [-0.15, -0.1) is 0 Å². The maximum atomic E-state index is 13.1. The van der Waals surface area contributed by atoms with Crippen LogP contribution in [-0.2, 0) is 16.9 Å². The first-order chi connectivity index (χ1) is 12.0. The van der Waals surface area contributed by atoms with Gasteiger partial charge in [0, 0.05) is 17.9 Å². The van der Waals surface area contributed by atoms with E-state index in [0.717, 1.165) is 4.90 Å². The minimum absolute atomic E-state index is 0.0465. The van der Waals surface area contributed by atoms with Crippen LogP contribution in [0.5, 0.6) is 5.75 Å². The number of fused-ring (bicyclic) bond motifs is 2. The van der Waals surface area contributed by atoms with Crippen molar-refractivity contribution in [1.82, 2.24) is 20.4 Å². The maximum Gasteiger partial charge on any atom is 0.325 e. The third-order valence-corrected chi connectivity index (χ3v) is 4.55. The van der Waals surface area contributed by atoms with Gasteiger partial charge >= 0.3 is 6.03 Å². The van der Waals surface area contributed by atoms with Gasteiger partial charge in [-0.2, -0.15) is 4.98 Å². The van der Waals surface area contributed by atoms with Crippen LogP contribution in [0, 0.1) is 0 Å². The van der Waals surface area contributed by atoms with E-state index in [2.05, 4.69) is 15.5 Å². The average Bonchev–Trinajstić information content (AvgIpc) is 3.16. The molecule has 2 aliphatic heterocycles. The molecule has 1 saturated heterocycles. The highest BCUT2D eigenvalue weighted by Crippen LogP contribution is 2.41. The zero-order valence-corrected chi connectivity index (χ0v) is 14.0. The van der Waals surface area contributed by atoms with Crippen LogP contribution in [0.4, 0.5) is 4.79 Å². The number of amides is 3. The second-order valence-corrected chi connectivity index (χ2v) is 6.52. The first-order valence-electron chi connectivity index (χ1n) is 8.20. The molecule has 1 spiro atoms. The van der Waals surface area contributed by atoms with Crippen molar-refractivity contribution in [3.05, 3.63) is 41.5 Å². The number of carbonyl (C=O) groups excluding carboxylic acids is 2. The Kier molecular flexibility index (Phi) is 3.48. The minimum Gasteiger partial charge on any atom is -0.493 e. The van der Waals surface area contributed by atoms with E-state index in [4.69, 9.17) is 9.26 Å². The molecule has 1 atom stereocenters. The number of imide groups is 1. The molecule has 1 aromatic carbocycles. The van der Waals surface area contributed by atoms with E-state index in [9.17, 15) is 9.59 Å². The normalized spacial score (nSPS) is 22.3. The van der Waals surface area contributed by atoms with Crippen molar-refractivity contribution in [1.29, 1.82) is 0 Å². The SMILES string of the molecule is CC(C)c1noc(CN2C(=O)N[C@@]3(CCOc4ccccc43)C2=O)n1. The van der Waals surface area contributed by atoms with E-state index < -0.39 is 11.6 Å². The summed E-state index contributed by atoms with van der Waals surface area (Å²) in [6, 6.07) is 6.80. The molecule has 0 unspecified atom stereocenters. The minimum atomic E-state index is -1.09. The number of ether oxygens (including phenoxy) is 1. The molecule has 1 N–H and O–H groups in total. The lowest BCUT2D eigenvalue weighted by atomic mass is 9.84. The fourth-order valence-corrected chi connectivity index (χ4v) is 3.22. The van der Waals surface area contributed by atoms with Gasteiger partial charge in [-0.25, -0.2) is 4.79 Å². The molecular weight excluding hydrogens is 324 g/mol. The summed E-state index contributed by atoms with van der Waals surface area (Å²) in [7, 11) is 0. The van der Waals surface area contributed by atoms with Gasteiger partial charge in [-0.1, -0.05) is 37.2 Å². The van der Waals surface area contributed by atoms with E-state index in [1.807, 2.05) is 26.0 Å². The molecule has 2 aromatic rings. The van der Waals surface area contributed by atoms with Gasteiger partial charge < -0.3 is 14.6 Å². The van der Waals surface area contributed by atoms with Crippen molar-refractivity contribution in [3.63, 3.8) is 0 Å². The quantitative estimate of drug-likeness (QED) is 0.856. The Labute approximate surface area is 144 Å². The zero-order valence-electron chi connectivity index (χ0n) is 14.0. The van der Waals surface area contributed by atoms with E-state index in [0.29, 0.717) is 30.2 Å². The summed E-state index contributed by atoms with van der Waals surface area (Å²) in [6.07, 6.45) is 0.381. The predicted octanol–water partition coefficient (Wildman–Crippen LogP) is 1.92. The number of para-hydroxylation sites is 1. The molecule has 8 nitrogen and oxygen atoms in total. The van der Waals surface area contributed by atoms with Crippen molar-refractivity contribution < 1.29 is 18.8 Å². The molecule has 0 radical (unpaired) electrons. The van der Waals surface area contributed by atoms with E-state index in [1.54, 1.807) is 12.1 Å². The summed E-state index contributed by atoms with van der Waals surface area (Å²) in [4.78, 5) is 30.9. The molecule has 0 aliphatic carbocycles. The summed E-state index contributed by atoms with van der Waals surface area (Å²) in [6.45, 7) is 4.19. The number of rotatable bonds is 3. The number of nitrogens with zero attached hydrogens (tertiary/aromatic N) is 3. The zero-order chi connectivity index (χ0) is 17.6. The molecule has 25 heavy (non-hydrogen) atoms. The standard InChI is InChI=1S/C17H18N4O4/c1-10(2)14-18-13(25-20-14)9-21-15(22)17(19-16(21)23)7-8-24-12-6-4-3-5-11(12)17/h3-6,10H,7-9H2,1-2H3,(H,19,23)/t17-/m1/s1. The molecule has 2 aliphatic rings. The molecule has 130 valence electrons. The fourth-order valence-electron chi connectivity index (χ4n) is 3.22. The summed E-state index contributed by atoms with van der Waals surface area (Å²) >= 11 is 0. The van der Waals surface area contributed by atoms with E-state index >= 15 is 0 Å².